The molecule has 0 amide bonds. The summed E-state index contributed by atoms with van der Waals surface area (Å²) in [7, 11) is 5.48. The molecule has 144 valence electrons. The first kappa shape index (κ1) is 20.1. The van der Waals surface area contributed by atoms with Crippen molar-refractivity contribution in [3.8, 4) is 23.0 Å². The van der Waals surface area contributed by atoms with Crippen molar-refractivity contribution in [2.45, 2.75) is 9.79 Å². The van der Waals surface area contributed by atoms with Gasteiger partial charge in [-0.15, -0.1) is 0 Å². The molecule has 11 heteroatoms. The monoisotopic (exact) mass is 396 g/mol. The number of benzene rings is 2. The van der Waals surface area contributed by atoms with E-state index in [0.29, 0.717) is 0 Å². The molecule has 0 spiro atoms. The summed E-state index contributed by atoms with van der Waals surface area (Å²) < 4.78 is 20.5. The number of ether oxygens (including phenoxy) is 4. The maximum atomic E-state index is 11.4. The summed E-state index contributed by atoms with van der Waals surface area (Å²) in [6, 6.07) is 5.19. The normalized spacial score (nSPS) is 10.2. The van der Waals surface area contributed by atoms with Crippen LogP contribution < -0.4 is 18.9 Å². The van der Waals surface area contributed by atoms with Crippen LogP contribution in [0.5, 0.6) is 23.0 Å². The SMILES string of the molecule is COc1cc(Sc2cc(OC)c(OC)cc2[N+](=O)[O-])c([N+](=O)[O-])cc1OC. The van der Waals surface area contributed by atoms with Gasteiger partial charge < -0.3 is 18.9 Å². The van der Waals surface area contributed by atoms with Crippen molar-refractivity contribution in [1.29, 1.82) is 0 Å². The third-order valence-corrected chi connectivity index (χ3v) is 4.64. The Hall–Kier alpha value is -3.21. The minimum Gasteiger partial charge on any atom is -0.493 e. The molecule has 0 heterocycles. The highest BCUT2D eigenvalue weighted by atomic mass is 32.2. The molecule has 0 aliphatic carbocycles. The van der Waals surface area contributed by atoms with Gasteiger partial charge >= 0.3 is 0 Å². The molecule has 0 saturated heterocycles. The smallest absolute Gasteiger partial charge is 0.287 e. The summed E-state index contributed by atoms with van der Waals surface area (Å²) in [6.45, 7) is 0. The first-order chi connectivity index (χ1) is 12.9. The lowest BCUT2D eigenvalue weighted by Gasteiger charge is -2.12. The van der Waals surface area contributed by atoms with Crippen molar-refractivity contribution in [3.05, 3.63) is 44.5 Å². The predicted octanol–water partition coefficient (Wildman–Crippen LogP) is 3.69. The molecular weight excluding hydrogens is 380 g/mol. The molecule has 0 fully saturated rings. The molecule has 2 aromatic rings. The van der Waals surface area contributed by atoms with E-state index < -0.39 is 9.85 Å². The van der Waals surface area contributed by atoms with Crippen molar-refractivity contribution in [2.24, 2.45) is 0 Å². The van der Waals surface area contributed by atoms with Crippen LogP contribution >= 0.6 is 11.8 Å². The van der Waals surface area contributed by atoms with Crippen LogP contribution in [0.25, 0.3) is 0 Å². The Labute approximate surface area is 158 Å². The standard InChI is InChI=1S/C16H16N2O8S/c1-23-11-5-9(17(19)20)15(7-13(11)25-3)27-16-8-14(26-4)12(24-2)6-10(16)18(21)22/h5-8H,1-4H3. The molecule has 0 N–H and O–H groups in total. The van der Waals surface area contributed by atoms with E-state index in [4.69, 9.17) is 18.9 Å². The van der Waals surface area contributed by atoms with E-state index in [-0.39, 0.29) is 44.2 Å². The molecule has 2 rings (SSSR count). The van der Waals surface area contributed by atoms with Crippen LogP contribution in [0.4, 0.5) is 11.4 Å². The topological polar surface area (TPSA) is 123 Å². The van der Waals surface area contributed by atoms with Crippen LogP contribution in [0.3, 0.4) is 0 Å². The zero-order valence-electron chi connectivity index (χ0n) is 14.9. The van der Waals surface area contributed by atoms with Crippen LogP contribution in [-0.4, -0.2) is 38.3 Å². The Kier molecular flexibility index (Phi) is 6.29. The number of nitrogens with zero attached hydrogens (tertiary/aromatic N) is 2. The van der Waals surface area contributed by atoms with E-state index in [1.807, 2.05) is 0 Å². The first-order valence-corrected chi connectivity index (χ1v) is 8.16. The average Bonchev–Trinajstić information content (AvgIpc) is 2.66. The molecule has 0 aromatic heterocycles. The Balaban J connectivity index is 2.65. The third kappa shape index (κ3) is 4.14. The van der Waals surface area contributed by atoms with E-state index in [9.17, 15) is 20.2 Å². The van der Waals surface area contributed by atoms with Crippen LogP contribution in [0.15, 0.2) is 34.1 Å². The summed E-state index contributed by atoms with van der Waals surface area (Å²) in [6.07, 6.45) is 0. The van der Waals surface area contributed by atoms with E-state index in [2.05, 4.69) is 0 Å². The molecule has 0 atom stereocenters. The van der Waals surface area contributed by atoms with Gasteiger partial charge in [0.1, 0.15) is 0 Å². The summed E-state index contributed by atoms with van der Waals surface area (Å²) >= 11 is 0.841. The van der Waals surface area contributed by atoms with Gasteiger partial charge in [-0.2, -0.15) is 0 Å². The molecule has 0 aliphatic heterocycles. The highest BCUT2D eigenvalue weighted by Gasteiger charge is 2.25. The highest BCUT2D eigenvalue weighted by Crippen LogP contribution is 2.47. The molecule has 27 heavy (non-hydrogen) atoms. The number of hydrogen-bond donors (Lipinski definition) is 0. The second kappa shape index (κ2) is 8.45. The third-order valence-electron chi connectivity index (χ3n) is 3.54. The lowest BCUT2D eigenvalue weighted by Crippen LogP contribution is -1.98. The maximum absolute atomic E-state index is 11.4. The zero-order chi connectivity index (χ0) is 20.1. The molecule has 0 saturated carbocycles. The molecule has 0 unspecified atom stereocenters. The van der Waals surface area contributed by atoms with Gasteiger partial charge in [0.15, 0.2) is 23.0 Å². The minimum atomic E-state index is -0.600. The van der Waals surface area contributed by atoms with Gasteiger partial charge in [0.05, 0.1) is 60.2 Å². The predicted molar refractivity (Wildman–Crippen MR) is 96.5 cm³/mol. The van der Waals surface area contributed by atoms with E-state index in [1.165, 1.54) is 52.7 Å². The minimum absolute atomic E-state index is 0.146. The van der Waals surface area contributed by atoms with E-state index in [0.717, 1.165) is 11.8 Å². The molecule has 0 aliphatic rings. The Morgan fingerprint density at radius 2 is 0.963 bits per heavy atom. The zero-order valence-corrected chi connectivity index (χ0v) is 15.7. The quantitative estimate of drug-likeness (QED) is 0.485. The van der Waals surface area contributed by atoms with E-state index >= 15 is 0 Å². The number of methoxy groups -OCH3 is 4. The molecule has 0 radical (unpaired) electrons. The Morgan fingerprint density at radius 3 is 1.22 bits per heavy atom. The van der Waals surface area contributed by atoms with Crippen molar-refractivity contribution in [2.75, 3.05) is 28.4 Å². The fourth-order valence-corrected chi connectivity index (χ4v) is 3.31. The summed E-state index contributed by atoms with van der Waals surface area (Å²) in [5.74, 6) is 0.869. The van der Waals surface area contributed by atoms with Gasteiger partial charge in [0.25, 0.3) is 11.4 Å². The second-order valence-corrected chi connectivity index (χ2v) is 6.05. The van der Waals surface area contributed by atoms with Gasteiger partial charge in [0.2, 0.25) is 0 Å². The van der Waals surface area contributed by atoms with Gasteiger partial charge in [-0.25, -0.2) is 0 Å². The molecule has 2 aromatic carbocycles. The van der Waals surface area contributed by atoms with Gasteiger partial charge in [-0.1, -0.05) is 11.8 Å². The average molecular weight is 396 g/mol. The lowest BCUT2D eigenvalue weighted by molar-refractivity contribution is -0.388. The fraction of sp³-hybridized carbons (Fsp3) is 0.250. The summed E-state index contributed by atoms with van der Waals surface area (Å²) in [5, 5.41) is 22.9. The highest BCUT2D eigenvalue weighted by molar-refractivity contribution is 7.99. The number of nitro benzene ring substituents is 2. The van der Waals surface area contributed by atoms with Crippen LogP contribution in [0, 0.1) is 20.2 Å². The lowest BCUT2D eigenvalue weighted by atomic mass is 10.2. The van der Waals surface area contributed by atoms with Crippen molar-refractivity contribution in [1.82, 2.24) is 0 Å². The first-order valence-electron chi connectivity index (χ1n) is 7.34. The van der Waals surface area contributed by atoms with Gasteiger partial charge in [-0.05, 0) is 0 Å². The Morgan fingerprint density at radius 1 is 0.667 bits per heavy atom. The fourth-order valence-electron chi connectivity index (χ4n) is 2.27. The molecule has 10 nitrogen and oxygen atoms in total. The van der Waals surface area contributed by atoms with Gasteiger partial charge in [0, 0.05) is 12.1 Å². The number of rotatable bonds is 8. The maximum Gasteiger partial charge on any atom is 0.287 e. The van der Waals surface area contributed by atoms with Crippen molar-refractivity contribution in [3.63, 3.8) is 0 Å². The van der Waals surface area contributed by atoms with Crippen LogP contribution in [0.2, 0.25) is 0 Å². The largest absolute Gasteiger partial charge is 0.493 e. The Bertz CT molecular complexity index is 816. The van der Waals surface area contributed by atoms with Crippen molar-refractivity contribution < 1.29 is 28.8 Å². The number of hydrogen-bond acceptors (Lipinski definition) is 9. The van der Waals surface area contributed by atoms with E-state index in [1.54, 1.807) is 0 Å². The summed E-state index contributed by atoms with van der Waals surface area (Å²) in [5.41, 5.74) is -0.552. The van der Waals surface area contributed by atoms with Crippen molar-refractivity contribution >= 4 is 23.1 Å². The van der Waals surface area contributed by atoms with Crippen LogP contribution in [0.1, 0.15) is 0 Å². The number of nitro groups is 2. The molecular formula is C16H16N2O8S. The van der Waals surface area contributed by atoms with Gasteiger partial charge in [-0.3, -0.25) is 20.2 Å². The molecule has 0 bridgehead atoms. The summed E-state index contributed by atoms with van der Waals surface area (Å²) in [4.78, 5) is 22.0. The van der Waals surface area contributed by atoms with Crippen LogP contribution in [-0.2, 0) is 0 Å². The second-order valence-electron chi connectivity index (χ2n) is 4.97.